The van der Waals surface area contributed by atoms with Gasteiger partial charge < -0.3 is 15.5 Å². The zero-order valence-corrected chi connectivity index (χ0v) is 16.4. The number of anilines is 1. The third-order valence-electron chi connectivity index (χ3n) is 4.49. The van der Waals surface area contributed by atoms with Crippen molar-refractivity contribution in [3.8, 4) is 0 Å². The van der Waals surface area contributed by atoms with Crippen LogP contribution in [-0.2, 0) is 0 Å². The molecule has 1 saturated heterocycles. The number of likely N-dealkylation sites (tertiary alicyclic amines) is 1. The lowest BCUT2D eigenvalue weighted by Crippen LogP contribution is -2.41. The van der Waals surface area contributed by atoms with Gasteiger partial charge in [-0.1, -0.05) is 41.8 Å². The minimum atomic E-state index is -0.441. The zero-order chi connectivity index (χ0) is 19.4. The highest BCUT2D eigenvalue weighted by Crippen LogP contribution is 2.25. The molecule has 1 fully saturated rings. The summed E-state index contributed by atoms with van der Waals surface area (Å²) in [6.45, 7) is 1.80. The van der Waals surface area contributed by atoms with Crippen LogP contribution in [0.3, 0.4) is 0 Å². The first-order valence-electron chi connectivity index (χ1n) is 8.75. The Morgan fingerprint density at radius 2 is 2.00 bits per heavy atom. The van der Waals surface area contributed by atoms with E-state index < -0.39 is 5.91 Å². The zero-order valence-electron chi connectivity index (χ0n) is 14.9. The SMILES string of the molecule is CN1CCCC[C@@H](NC(=O)c2n[nH]c(NC(=O)c3ccccc3Cl)c2Cl)C1. The number of hydrogen-bond donors (Lipinski definition) is 3. The van der Waals surface area contributed by atoms with Crippen LogP contribution in [0.4, 0.5) is 5.82 Å². The Morgan fingerprint density at radius 3 is 2.78 bits per heavy atom. The van der Waals surface area contributed by atoms with Crippen LogP contribution in [0.25, 0.3) is 0 Å². The Morgan fingerprint density at radius 1 is 1.22 bits per heavy atom. The number of nitrogens with zero attached hydrogens (tertiary/aromatic N) is 2. The van der Waals surface area contributed by atoms with Gasteiger partial charge in [0.15, 0.2) is 5.69 Å². The van der Waals surface area contributed by atoms with E-state index in [1.807, 2.05) is 7.05 Å². The second kappa shape index (κ2) is 8.73. The van der Waals surface area contributed by atoms with E-state index >= 15 is 0 Å². The van der Waals surface area contributed by atoms with Crippen molar-refractivity contribution >= 4 is 40.8 Å². The summed E-state index contributed by atoms with van der Waals surface area (Å²) >= 11 is 12.3. The Labute approximate surface area is 167 Å². The summed E-state index contributed by atoms with van der Waals surface area (Å²) in [5.74, 6) is -0.650. The van der Waals surface area contributed by atoms with Gasteiger partial charge in [-0.2, -0.15) is 5.10 Å². The van der Waals surface area contributed by atoms with Gasteiger partial charge in [-0.3, -0.25) is 14.7 Å². The van der Waals surface area contributed by atoms with Gasteiger partial charge in [0, 0.05) is 12.6 Å². The molecule has 3 rings (SSSR count). The summed E-state index contributed by atoms with van der Waals surface area (Å²) in [6, 6.07) is 6.69. The molecule has 0 spiro atoms. The monoisotopic (exact) mass is 409 g/mol. The number of aromatic nitrogens is 2. The Bertz CT molecular complexity index is 839. The summed E-state index contributed by atoms with van der Waals surface area (Å²) in [4.78, 5) is 27.1. The van der Waals surface area contributed by atoms with E-state index in [-0.39, 0.29) is 28.5 Å². The highest BCUT2D eigenvalue weighted by Gasteiger charge is 2.24. The summed E-state index contributed by atoms with van der Waals surface area (Å²) in [5.41, 5.74) is 0.357. The van der Waals surface area contributed by atoms with E-state index in [2.05, 4.69) is 25.7 Å². The van der Waals surface area contributed by atoms with Gasteiger partial charge in [-0.25, -0.2) is 0 Å². The maximum atomic E-state index is 12.5. The van der Waals surface area contributed by atoms with Crippen molar-refractivity contribution in [1.82, 2.24) is 20.4 Å². The lowest BCUT2D eigenvalue weighted by molar-refractivity contribution is 0.0923. The van der Waals surface area contributed by atoms with Crippen LogP contribution in [0.15, 0.2) is 24.3 Å². The fourth-order valence-corrected chi connectivity index (χ4v) is 3.53. The molecule has 3 N–H and O–H groups in total. The average Bonchev–Trinajstić information content (AvgIpc) is 2.86. The van der Waals surface area contributed by atoms with Crippen LogP contribution in [-0.4, -0.2) is 53.1 Å². The highest BCUT2D eigenvalue weighted by molar-refractivity contribution is 6.37. The fraction of sp³-hybridized carbons (Fsp3) is 0.389. The van der Waals surface area contributed by atoms with Gasteiger partial charge in [0.2, 0.25) is 0 Å². The van der Waals surface area contributed by atoms with Crippen LogP contribution in [0.5, 0.6) is 0 Å². The van der Waals surface area contributed by atoms with Gasteiger partial charge in [0.05, 0.1) is 10.6 Å². The quantitative estimate of drug-likeness (QED) is 0.722. The van der Waals surface area contributed by atoms with Crippen molar-refractivity contribution < 1.29 is 9.59 Å². The minimum absolute atomic E-state index is 0.0407. The number of rotatable bonds is 4. The standard InChI is InChI=1S/C18H21Cl2N5O2/c1-25-9-5-4-6-11(10-25)21-18(27)15-14(20)16(24-23-15)22-17(26)12-7-2-3-8-13(12)19/h2-3,7-8,11H,4-6,9-10H2,1H3,(H,21,27)(H2,22,23,24,26)/t11-/m1/s1. The molecule has 1 aromatic heterocycles. The molecule has 27 heavy (non-hydrogen) atoms. The smallest absolute Gasteiger partial charge is 0.273 e. The third-order valence-corrected chi connectivity index (χ3v) is 5.19. The first-order valence-corrected chi connectivity index (χ1v) is 9.50. The van der Waals surface area contributed by atoms with E-state index in [0.29, 0.717) is 10.6 Å². The number of carbonyl (C=O) groups excluding carboxylic acids is 2. The van der Waals surface area contributed by atoms with Crippen molar-refractivity contribution in [2.75, 3.05) is 25.5 Å². The van der Waals surface area contributed by atoms with Crippen LogP contribution < -0.4 is 10.6 Å². The van der Waals surface area contributed by atoms with E-state index in [1.165, 1.54) is 0 Å². The van der Waals surface area contributed by atoms with Crippen LogP contribution in [0.2, 0.25) is 10.0 Å². The average molecular weight is 410 g/mol. The molecule has 1 aliphatic heterocycles. The van der Waals surface area contributed by atoms with E-state index in [1.54, 1.807) is 24.3 Å². The first-order chi connectivity index (χ1) is 13.0. The van der Waals surface area contributed by atoms with Gasteiger partial charge >= 0.3 is 0 Å². The van der Waals surface area contributed by atoms with Gasteiger partial charge in [-0.05, 0) is 38.6 Å². The fourth-order valence-electron chi connectivity index (χ4n) is 3.09. The number of likely N-dealkylation sites (N-methyl/N-ethyl adjacent to an activating group) is 1. The van der Waals surface area contributed by atoms with Crippen molar-refractivity contribution in [2.45, 2.75) is 25.3 Å². The normalized spacial score (nSPS) is 18.0. The summed E-state index contributed by atoms with van der Waals surface area (Å²) in [5, 5.41) is 12.5. The topological polar surface area (TPSA) is 90.1 Å². The molecule has 1 atom stereocenters. The Balaban J connectivity index is 1.68. The predicted molar refractivity (Wildman–Crippen MR) is 106 cm³/mol. The number of aromatic amines is 1. The molecule has 144 valence electrons. The molecule has 0 saturated carbocycles. The molecule has 2 heterocycles. The lowest BCUT2D eigenvalue weighted by Gasteiger charge is -2.20. The number of halogens is 2. The van der Waals surface area contributed by atoms with Crippen LogP contribution >= 0.6 is 23.2 Å². The van der Waals surface area contributed by atoms with Crippen molar-refractivity contribution in [3.63, 3.8) is 0 Å². The molecule has 1 aliphatic rings. The molecule has 2 aromatic rings. The maximum Gasteiger partial charge on any atom is 0.273 e. The van der Waals surface area contributed by atoms with Crippen LogP contribution in [0.1, 0.15) is 40.1 Å². The third kappa shape index (κ3) is 4.80. The number of hydrogen-bond acceptors (Lipinski definition) is 4. The Hall–Kier alpha value is -2.09. The Kier molecular flexibility index (Phi) is 6.36. The van der Waals surface area contributed by atoms with Crippen molar-refractivity contribution in [3.05, 3.63) is 45.6 Å². The number of nitrogens with one attached hydrogen (secondary N) is 3. The molecule has 0 bridgehead atoms. The van der Waals surface area contributed by atoms with Gasteiger partial charge in [0.25, 0.3) is 11.8 Å². The molecular weight excluding hydrogens is 389 g/mol. The second-order valence-corrected chi connectivity index (χ2v) is 7.41. The number of amides is 2. The predicted octanol–water partition coefficient (Wildman–Crippen LogP) is 3.18. The first kappa shape index (κ1) is 19.7. The van der Waals surface area contributed by atoms with Crippen molar-refractivity contribution in [2.24, 2.45) is 0 Å². The molecule has 7 nitrogen and oxygen atoms in total. The van der Waals surface area contributed by atoms with Crippen LogP contribution in [0, 0.1) is 0 Å². The second-order valence-electron chi connectivity index (χ2n) is 6.62. The van der Waals surface area contributed by atoms with E-state index in [0.717, 1.165) is 32.4 Å². The molecule has 1 aromatic carbocycles. The number of carbonyl (C=O) groups is 2. The van der Waals surface area contributed by atoms with E-state index in [9.17, 15) is 9.59 Å². The largest absolute Gasteiger partial charge is 0.347 e. The maximum absolute atomic E-state index is 12.5. The summed E-state index contributed by atoms with van der Waals surface area (Å²) < 4.78 is 0. The highest BCUT2D eigenvalue weighted by atomic mass is 35.5. The lowest BCUT2D eigenvalue weighted by atomic mass is 10.1. The summed E-state index contributed by atoms with van der Waals surface area (Å²) in [6.07, 6.45) is 3.08. The molecule has 2 amide bonds. The number of H-pyrrole nitrogens is 1. The molecular formula is C18H21Cl2N5O2. The molecule has 0 radical (unpaired) electrons. The number of benzene rings is 1. The minimum Gasteiger partial charge on any atom is -0.347 e. The van der Waals surface area contributed by atoms with E-state index in [4.69, 9.17) is 23.2 Å². The molecule has 0 unspecified atom stereocenters. The summed E-state index contributed by atoms with van der Waals surface area (Å²) in [7, 11) is 2.04. The van der Waals surface area contributed by atoms with Gasteiger partial charge in [0.1, 0.15) is 10.8 Å². The van der Waals surface area contributed by atoms with Crippen molar-refractivity contribution in [1.29, 1.82) is 0 Å². The molecule has 0 aliphatic carbocycles. The van der Waals surface area contributed by atoms with Gasteiger partial charge in [-0.15, -0.1) is 0 Å². The molecule has 9 heteroatoms.